The Morgan fingerprint density at radius 1 is 0.750 bits per heavy atom. The Hall–Kier alpha value is -2.64. The fourth-order valence-corrected chi connectivity index (χ4v) is 2.00. The SMILES string of the molecule is COCNc1cc(NCOC)cc(OCNc2ccc(N)cc2)c1. The van der Waals surface area contributed by atoms with Crippen LogP contribution in [0.5, 0.6) is 5.75 Å². The number of nitrogens with two attached hydrogens (primary N) is 1. The van der Waals surface area contributed by atoms with Crippen LogP contribution in [0.4, 0.5) is 22.7 Å². The lowest BCUT2D eigenvalue weighted by molar-refractivity contribution is 0.220. The lowest BCUT2D eigenvalue weighted by Crippen LogP contribution is -2.10. The summed E-state index contributed by atoms with van der Waals surface area (Å²) in [7, 11) is 3.27. The highest BCUT2D eigenvalue weighted by Gasteiger charge is 2.02. The van der Waals surface area contributed by atoms with Crippen LogP contribution in [0.3, 0.4) is 0 Å². The molecule has 0 fully saturated rings. The van der Waals surface area contributed by atoms with E-state index in [0.717, 1.165) is 28.5 Å². The van der Waals surface area contributed by atoms with Crippen LogP contribution >= 0.6 is 0 Å². The lowest BCUT2D eigenvalue weighted by atomic mass is 10.2. The van der Waals surface area contributed by atoms with Gasteiger partial charge < -0.3 is 35.9 Å². The fraction of sp³-hybridized carbons (Fsp3) is 0.294. The van der Waals surface area contributed by atoms with E-state index >= 15 is 0 Å². The fourth-order valence-electron chi connectivity index (χ4n) is 2.00. The van der Waals surface area contributed by atoms with Crippen molar-refractivity contribution < 1.29 is 14.2 Å². The van der Waals surface area contributed by atoms with Crippen molar-refractivity contribution >= 4 is 22.7 Å². The Kier molecular flexibility index (Phi) is 7.00. The van der Waals surface area contributed by atoms with Crippen molar-refractivity contribution in [3.63, 3.8) is 0 Å². The van der Waals surface area contributed by atoms with Crippen LogP contribution in [0.2, 0.25) is 0 Å². The van der Waals surface area contributed by atoms with E-state index in [1.165, 1.54) is 0 Å². The number of ether oxygens (including phenoxy) is 3. The molecule has 0 aliphatic rings. The van der Waals surface area contributed by atoms with Gasteiger partial charge in [0.05, 0.1) is 0 Å². The van der Waals surface area contributed by atoms with Gasteiger partial charge in [-0.15, -0.1) is 0 Å². The summed E-state index contributed by atoms with van der Waals surface area (Å²) in [5.74, 6) is 0.720. The molecule has 0 aromatic heterocycles. The molecule has 5 N–H and O–H groups in total. The van der Waals surface area contributed by atoms with Crippen LogP contribution in [0.15, 0.2) is 42.5 Å². The minimum absolute atomic E-state index is 0.335. The molecule has 0 heterocycles. The zero-order valence-electron chi connectivity index (χ0n) is 14.0. The van der Waals surface area contributed by atoms with E-state index < -0.39 is 0 Å². The first-order valence-electron chi connectivity index (χ1n) is 7.54. The highest BCUT2D eigenvalue weighted by atomic mass is 16.5. The molecular weight excluding hydrogens is 308 g/mol. The molecule has 0 spiro atoms. The van der Waals surface area contributed by atoms with Gasteiger partial charge in [-0.05, 0) is 30.3 Å². The molecule has 0 bridgehead atoms. The van der Waals surface area contributed by atoms with Crippen LogP contribution in [-0.2, 0) is 9.47 Å². The van der Waals surface area contributed by atoms with Gasteiger partial charge in [0.1, 0.15) is 19.2 Å². The molecule has 24 heavy (non-hydrogen) atoms. The molecule has 2 aromatic carbocycles. The maximum Gasteiger partial charge on any atom is 0.159 e. The first-order chi connectivity index (χ1) is 11.7. The van der Waals surface area contributed by atoms with Crippen molar-refractivity contribution in [2.45, 2.75) is 0 Å². The second-order valence-corrected chi connectivity index (χ2v) is 5.05. The number of nitrogens with one attached hydrogen (secondary N) is 3. The Morgan fingerprint density at radius 2 is 1.29 bits per heavy atom. The Balaban J connectivity index is 1.97. The van der Waals surface area contributed by atoms with Crippen molar-refractivity contribution in [1.82, 2.24) is 0 Å². The summed E-state index contributed by atoms with van der Waals surface area (Å²) in [4.78, 5) is 0. The number of rotatable bonds is 10. The van der Waals surface area contributed by atoms with Crippen LogP contribution in [-0.4, -0.2) is 34.4 Å². The Bertz CT molecular complexity index is 593. The molecule has 0 aliphatic carbocycles. The van der Waals surface area contributed by atoms with Crippen LogP contribution in [0, 0.1) is 0 Å². The van der Waals surface area contributed by atoms with E-state index in [1.807, 2.05) is 42.5 Å². The van der Waals surface area contributed by atoms with Crippen LogP contribution in [0.25, 0.3) is 0 Å². The molecule has 2 rings (SSSR count). The number of hydrogen-bond donors (Lipinski definition) is 4. The van der Waals surface area contributed by atoms with Gasteiger partial charge >= 0.3 is 0 Å². The van der Waals surface area contributed by atoms with Gasteiger partial charge in [-0.3, -0.25) is 0 Å². The number of anilines is 4. The molecule has 7 nitrogen and oxygen atoms in total. The largest absolute Gasteiger partial charge is 0.473 e. The zero-order valence-corrected chi connectivity index (χ0v) is 14.0. The molecule has 0 saturated carbocycles. The molecule has 0 aliphatic heterocycles. The molecule has 0 saturated heterocycles. The molecule has 0 atom stereocenters. The highest BCUT2D eigenvalue weighted by Crippen LogP contribution is 2.24. The van der Waals surface area contributed by atoms with E-state index in [2.05, 4.69) is 16.0 Å². The van der Waals surface area contributed by atoms with E-state index in [4.69, 9.17) is 19.9 Å². The number of methoxy groups -OCH3 is 2. The molecule has 130 valence electrons. The normalized spacial score (nSPS) is 10.2. The van der Waals surface area contributed by atoms with E-state index in [-0.39, 0.29) is 0 Å². The van der Waals surface area contributed by atoms with Gasteiger partial charge in [-0.1, -0.05) is 0 Å². The molecule has 0 unspecified atom stereocenters. The standard InChI is InChI=1S/C17H24N4O3/c1-22-10-19-15-7-16(20-11-23-2)9-17(8-15)24-12-21-14-5-3-13(18)4-6-14/h3-9,19-21H,10-12,18H2,1-2H3. The maximum atomic E-state index is 5.78. The van der Waals surface area contributed by atoms with Crippen molar-refractivity contribution in [2.75, 3.05) is 56.1 Å². The number of nitrogen functional groups attached to an aromatic ring is 1. The van der Waals surface area contributed by atoms with Gasteiger partial charge in [0.15, 0.2) is 6.73 Å². The topological polar surface area (TPSA) is 89.8 Å². The third-order valence-corrected chi connectivity index (χ3v) is 3.17. The van der Waals surface area contributed by atoms with Gasteiger partial charge in [0.2, 0.25) is 0 Å². The number of benzene rings is 2. The average Bonchev–Trinajstić information content (AvgIpc) is 2.60. The molecule has 0 amide bonds. The summed E-state index contributed by atoms with van der Waals surface area (Å²) in [5, 5.41) is 9.47. The van der Waals surface area contributed by atoms with Crippen molar-refractivity contribution in [1.29, 1.82) is 0 Å². The first-order valence-corrected chi connectivity index (χ1v) is 7.54. The monoisotopic (exact) mass is 332 g/mol. The summed E-state index contributed by atoms with van der Waals surface area (Å²) in [6, 6.07) is 13.2. The molecule has 0 radical (unpaired) electrons. The smallest absolute Gasteiger partial charge is 0.159 e. The highest BCUT2D eigenvalue weighted by molar-refractivity contribution is 5.61. The average molecular weight is 332 g/mol. The minimum Gasteiger partial charge on any atom is -0.473 e. The quantitative estimate of drug-likeness (QED) is 0.393. The predicted octanol–water partition coefficient (Wildman–Crippen LogP) is 2.75. The van der Waals surface area contributed by atoms with Crippen LogP contribution < -0.4 is 26.4 Å². The van der Waals surface area contributed by atoms with E-state index in [9.17, 15) is 0 Å². The number of hydrogen-bond acceptors (Lipinski definition) is 7. The van der Waals surface area contributed by atoms with Gasteiger partial charge in [0, 0.05) is 49.1 Å². The second-order valence-electron chi connectivity index (χ2n) is 5.05. The van der Waals surface area contributed by atoms with Crippen molar-refractivity contribution in [2.24, 2.45) is 0 Å². The molecular formula is C17H24N4O3. The third-order valence-electron chi connectivity index (χ3n) is 3.17. The summed E-state index contributed by atoms with van der Waals surface area (Å²) in [6.07, 6.45) is 0. The third kappa shape index (κ3) is 5.86. The summed E-state index contributed by atoms with van der Waals surface area (Å²) in [6.45, 7) is 1.16. The lowest BCUT2D eigenvalue weighted by Gasteiger charge is -2.14. The second kappa shape index (κ2) is 9.49. The predicted molar refractivity (Wildman–Crippen MR) is 97.4 cm³/mol. The summed E-state index contributed by atoms with van der Waals surface area (Å²) >= 11 is 0. The van der Waals surface area contributed by atoms with Crippen molar-refractivity contribution in [3.8, 4) is 5.75 Å². The Labute approximate surface area is 142 Å². The van der Waals surface area contributed by atoms with Gasteiger partial charge in [-0.2, -0.15) is 0 Å². The Morgan fingerprint density at radius 3 is 1.83 bits per heavy atom. The van der Waals surface area contributed by atoms with E-state index in [0.29, 0.717) is 20.2 Å². The van der Waals surface area contributed by atoms with Gasteiger partial charge in [-0.25, -0.2) is 0 Å². The van der Waals surface area contributed by atoms with E-state index in [1.54, 1.807) is 14.2 Å². The molecule has 2 aromatic rings. The molecule has 7 heteroatoms. The zero-order chi connectivity index (χ0) is 17.2. The first kappa shape index (κ1) is 17.7. The maximum absolute atomic E-state index is 5.78. The van der Waals surface area contributed by atoms with Crippen LogP contribution in [0.1, 0.15) is 0 Å². The van der Waals surface area contributed by atoms with Gasteiger partial charge in [0.25, 0.3) is 0 Å². The minimum atomic E-state index is 0.335. The summed E-state index contributed by atoms with van der Waals surface area (Å²) < 4.78 is 15.8. The van der Waals surface area contributed by atoms with Crippen molar-refractivity contribution in [3.05, 3.63) is 42.5 Å². The summed E-state index contributed by atoms with van der Waals surface area (Å²) in [5.41, 5.74) is 9.11.